The molecule has 2 N–H and O–H groups in total. The fourth-order valence-corrected chi connectivity index (χ4v) is 2.28. The Balaban J connectivity index is 2.16. The summed E-state index contributed by atoms with van der Waals surface area (Å²) in [5.41, 5.74) is 8.96. The van der Waals surface area contributed by atoms with Crippen LogP contribution in [-0.4, -0.2) is 10.5 Å². The van der Waals surface area contributed by atoms with Gasteiger partial charge in [-0.25, -0.2) is 0 Å². The Hall–Kier alpha value is -1.42. The molecule has 0 radical (unpaired) electrons. The third kappa shape index (κ3) is 2.64. The minimum atomic E-state index is -0.306. The normalized spacial score (nSPS) is 16.9. The van der Waals surface area contributed by atoms with Crippen LogP contribution in [0, 0.1) is 24.0 Å². The Bertz CT molecular complexity index is 441. The average Bonchev–Trinajstić information content (AvgIpc) is 2.93. The molecule has 17 heavy (non-hydrogen) atoms. The molecule has 0 unspecified atom stereocenters. The molecule has 0 saturated heterocycles. The molecular formula is C13H18N2O2. The predicted molar refractivity (Wildman–Crippen MR) is 67.0 cm³/mol. The Kier molecular flexibility index (Phi) is 2.91. The van der Waals surface area contributed by atoms with Crippen molar-refractivity contribution in [2.24, 2.45) is 5.73 Å². The lowest BCUT2D eigenvalue weighted by atomic mass is 9.99. The van der Waals surface area contributed by atoms with Crippen molar-refractivity contribution >= 4 is 5.69 Å². The second-order valence-electron chi connectivity index (χ2n) is 5.20. The molecule has 1 fully saturated rings. The van der Waals surface area contributed by atoms with Gasteiger partial charge in [0.05, 0.1) is 4.92 Å². The minimum Gasteiger partial charge on any atom is -0.325 e. The zero-order valence-electron chi connectivity index (χ0n) is 10.3. The summed E-state index contributed by atoms with van der Waals surface area (Å²) in [5, 5.41) is 10.9. The fraction of sp³-hybridized carbons (Fsp3) is 0.538. The van der Waals surface area contributed by atoms with Gasteiger partial charge in [0.2, 0.25) is 0 Å². The van der Waals surface area contributed by atoms with Crippen molar-refractivity contribution in [1.82, 2.24) is 0 Å². The van der Waals surface area contributed by atoms with Crippen molar-refractivity contribution < 1.29 is 4.92 Å². The van der Waals surface area contributed by atoms with Crippen molar-refractivity contribution in [3.8, 4) is 0 Å². The first-order valence-electron chi connectivity index (χ1n) is 5.95. The zero-order chi connectivity index (χ0) is 12.6. The molecular weight excluding hydrogens is 216 g/mol. The first-order chi connectivity index (χ1) is 7.91. The van der Waals surface area contributed by atoms with E-state index in [0.29, 0.717) is 0 Å². The molecule has 1 saturated carbocycles. The molecule has 0 heterocycles. The van der Waals surface area contributed by atoms with Crippen molar-refractivity contribution in [1.29, 1.82) is 0 Å². The first kappa shape index (κ1) is 12.0. The smallest absolute Gasteiger partial charge is 0.275 e. The van der Waals surface area contributed by atoms with Crippen LogP contribution in [0.15, 0.2) is 12.1 Å². The van der Waals surface area contributed by atoms with Gasteiger partial charge in [0.25, 0.3) is 5.69 Å². The Morgan fingerprint density at radius 2 is 1.88 bits per heavy atom. The highest BCUT2D eigenvalue weighted by Gasteiger charge is 2.37. The maximum absolute atomic E-state index is 10.9. The van der Waals surface area contributed by atoms with E-state index in [0.717, 1.165) is 42.4 Å². The van der Waals surface area contributed by atoms with E-state index in [1.807, 2.05) is 12.1 Å². The average molecular weight is 234 g/mol. The lowest BCUT2D eigenvalue weighted by Gasteiger charge is -2.10. The van der Waals surface area contributed by atoms with Crippen molar-refractivity contribution in [2.75, 3.05) is 0 Å². The fourth-order valence-electron chi connectivity index (χ4n) is 2.28. The zero-order valence-corrected chi connectivity index (χ0v) is 10.3. The molecule has 0 amide bonds. The van der Waals surface area contributed by atoms with Gasteiger partial charge < -0.3 is 5.73 Å². The van der Waals surface area contributed by atoms with Crippen LogP contribution in [0.4, 0.5) is 5.69 Å². The van der Waals surface area contributed by atoms with Crippen molar-refractivity contribution in [2.45, 2.75) is 45.1 Å². The SMILES string of the molecule is Cc1cc(CCC2(N)CC2)cc(C)c1[N+](=O)[O-]. The lowest BCUT2D eigenvalue weighted by molar-refractivity contribution is -0.386. The van der Waals surface area contributed by atoms with Crippen LogP contribution in [0.1, 0.15) is 36.0 Å². The van der Waals surface area contributed by atoms with Gasteiger partial charge in [0, 0.05) is 16.7 Å². The number of nitrogens with zero attached hydrogens (tertiary/aromatic N) is 1. The van der Waals surface area contributed by atoms with Gasteiger partial charge in [-0.2, -0.15) is 0 Å². The van der Waals surface area contributed by atoms with Crippen LogP contribution in [0.3, 0.4) is 0 Å². The van der Waals surface area contributed by atoms with Crippen LogP contribution in [0.25, 0.3) is 0 Å². The van der Waals surface area contributed by atoms with E-state index in [2.05, 4.69) is 0 Å². The number of benzene rings is 1. The van der Waals surface area contributed by atoms with Crippen LogP contribution in [0.2, 0.25) is 0 Å². The number of nitrogens with two attached hydrogens (primary N) is 1. The second kappa shape index (κ2) is 4.11. The summed E-state index contributed by atoms with van der Waals surface area (Å²) in [6.07, 6.45) is 4.11. The van der Waals surface area contributed by atoms with E-state index >= 15 is 0 Å². The van der Waals surface area contributed by atoms with Gasteiger partial charge in [-0.1, -0.05) is 0 Å². The summed E-state index contributed by atoms with van der Waals surface area (Å²) in [6, 6.07) is 3.83. The van der Waals surface area contributed by atoms with E-state index in [9.17, 15) is 10.1 Å². The highest BCUT2D eigenvalue weighted by molar-refractivity contribution is 5.49. The monoisotopic (exact) mass is 234 g/mol. The molecule has 0 spiro atoms. The highest BCUT2D eigenvalue weighted by Crippen LogP contribution is 2.37. The van der Waals surface area contributed by atoms with Crippen LogP contribution < -0.4 is 5.73 Å². The van der Waals surface area contributed by atoms with Crippen molar-refractivity contribution in [3.05, 3.63) is 38.9 Å². The molecule has 4 heteroatoms. The minimum absolute atomic E-state index is 0.0452. The van der Waals surface area contributed by atoms with Crippen LogP contribution in [-0.2, 0) is 6.42 Å². The quantitative estimate of drug-likeness (QED) is 0.643. The Morgan fingerprint density at radius 1 is 1.35 bits per heavy atom. The molecule has 4 nitrogen and oxygen atoms in total. The standard InChI is InChI=1S/C13H18N2O2/c1-9-7-11(3-4-13(14)5-6-13)8-10(2)12(9)15(16)17/h7-8H,3-6,14H2,1-2H3. The van der Waals surface area contributed by atoms with E-state index in [4.69, 9.17) is 5.73 Å². The molecule has 1 aromatic carbocycles. The second-order valence-corrected chi connectivity index (χ2v) is 5.20. The maximum Gasteiger partial charge on any atom is 0.275 e. The summed E-state index contributed by atoms with van der Waals surface area (Å²) in [5.74, 6) is 0. The van der Waals surface area contributed by atoms with Gasteiger partial charge >= 0.3 is 0 Å². The Labute approximate surface area is 101 Å². The van der Waals surface area contributed by atoms with Gasteiger partial charge in [0.15, 0.2) is 0 Å². The number of nitro groups is 1. The van der Waals surface area contributed by atoms with Gasteiger partial charge in [-0.15, -0.1) is 0 Å². The van der Waals surface area contributed by atoms with Gasteiger partial charge in [-0.3, -0.25) is 10.1 Å². The van der Waals surface area contributed by atoms with E-state index in [1.54, 1.807) is 13.8 Å². The molecule has 92 valence electrons. The molecule has 0 bridgehead atoms. The van der Waals surface area contributed by atoms with Crippen LogP contribution in [0.5, 0.6) is 0 Å². The topological polar surface area (TPSA) is 69.2 Å². The number of aryl methyl sites for hydroxylation is 3. The molecule has 1 aliphatic rings. The number of rotatable bonds is 4. The number of hydrogen-bond donors (Lipinski definition) is 1. The molecule has 0 atom stereocenters. The number of nitro benzene ring substituents is 1. The van der Waals surface area contributed by atoms with Gasteiger partial charge in [0.1, 0.15) is 0 Å². The largest absolute Gasteiger partial charge is 0.325 e. The van der Waals surface area contributed by atoms with Gasteiger partial charge in [-0.05, 0) is 57.2 Å². The molecule has 0 aromatic heterocycles. The predicted octanol–water partition coefficient (Wildman–Crippen LogP) is 2.64. The van der Waals surface area contributed by atoms with E-state index in [1.165, 1.54) is 0 Å². The first-order valence-corrected chi connectivity index (χ1v) is 5.95. The van der Waals surface area contributed by atoms with E-state index in [-0.39, 0.29) is 16.1 Å². The van der Waals surface area contributed by atoms with Crippen molar-refractivity contribution in [3.63, 3.8) is 0 Å². The van der Waals surface area contributed by atoms with E-state index < -0.39 is 0 Å². The highest BCUT2D eigenvalue weighted by atomic mass is 16.6. The lowest BCUT2D eigenvalue weighted by Crippen LogP contribution is -2.22. The maximum atomic E-state index is 10.9. The molecule has 1 aliphatic carbocycles. The third-order valence-electron chi connectivity index (χ3n) is 3.54. The summed E-state index contributed by atoms with van der Waals surface area (Å²) < 4.78 is 0. The van der Waals surface area contributed by atoms with Crippen LogP contribution >= 0.6 is 0 Å². The summed E-state index contributed by atoms with van der Waals surface area (Å²) in [6.45, 7) is 3.59. The summed E-state index contributed by atoms with van der Waals surface area (Å²) in [7, 11) is 0. The third-order valence-corrected chi connectivity index (χ3v) is 3.54. The summed E-state index contributed by atoms with van der Waals surface area (Å²) >= 11 is 0. The molecule has 1 aromatic rings. The molecule has 0 aliphatic heterocycles. The number of hydrogen-bond acceptors (Lipinski definition) is 3. The Morgan fingerprint density at radius 3 is 2.29 bits per heavy atom. The summed E-state index contributed by atoms with van der Waals surface area (Å²) in [4.78, 5) is 10.6. The molecule has 2 rings (SSSR count).